The van der Waals surface area contributed by atoms with Crippen molar-refractivity contribution in [2.45, 2.75) is 46.4 Å². The van der Waals surface area contributed by atoms with Crippen LogP contribution in [0.5, 0.6) is 0 Å². The van der Waals surface area contributed by atoms with Crippen LogP contribution in [0.25, 0.3) is 0 Å². The molecular formula is C16H24N2OS. The Labute approximate surface area is 125 Å². The molecule has 0 aliphatic rings. The smallest absolute Gasteiger partial charge is 0.118 e. The molecule has 0 spiro atoms. The van der Waals surface area contributed by atoms with Gasteiger partial charge in [-0.15, -0.1) is 0 Å². The Morgan fingerprint density at radius 1 is 1.35 bits per heavy atom. The van der Waals surface area contributed by atoms with Gasteiger partial charge < -0.3 is 9.73 Å². The topological polar surface area (TPSA) is 28.4 Å². The van der Waals surface area contributed by atoms with Gasteiger partial charge >= 0.3 is 0 Å². The van der Waals surface area contributed by atoms with Crippen molar-refractivity contribution < 1.29 is 4.42 Å². The van der Waals surface area contributed by atoms with E-state index in [1.54, 1.807) is 11.3 Å². The van der Waals surface area contributed by atoms with Gasteiger partial charge in [0.1, 0.15) is 11.5 Å². The average Bonchev–Trinajstić information content (AvgIpc) is 2.97. The summed E-state index contributed by atoms with van der Waals surface area (Å²) in [4.78, 5) is 2.28. The summed E-state index contributed by atoms with van der Waals surface area (Å²) in [7, 11) is 2.13. The van der Waals surface area contributed by atoms with Crippen LogP contribution in [0.1, 0.15) is 36.5 Å². The molecule has 4 heteroatoms. The first-order chi connectivity index (χ1) is 9.54. The third-order valence-electron chi connectivity index (χ3n) is 3.23. The Balaban J connectivity index is 1.90. The Hall–Kier alpha value is -1.10. The van der Waals surface area contributed by atoms with Gasteiger partial charge in [0, 0.05) is 24.7 Å². The highest BCUT2D eigenvalue weighted by atomic mass is 32.1. The number of hydrogen-bond acceptors (Lipinski definition) is 4. The van der Waals surface area contributed by atoms with Crippen molar-refractivity contribution in [2.75, 3.05) is 7.05 Å². The molecule has 0 atom stereocenters. The summed E-state index contributed by atoms with van der Waals surface area (Å²) in [5.74, 6) is 2.07. The molecule has 0 aromatic carbocycles. The quantitative estimate of drug-likeness (QED) is 0.842. The molecule has 0 aliphatic heterocycles. The maximum Gasteiger partial charge on any atom is 0.118 e. The first-order valence-corrected chi connectivity index (χ1v) is 8.00. The zero-order chi connectivity index (χ0) is 14.5. The van der Waals surface area contributed by atoms with Crippen molar-refractivity contribution in [1.82, 2.24) is 10.2 Å². The van der Waals surface area contributed by atoms with E-state index in [4.69, 9.17) is 4.42 Å². The molecule has 2 aromatic heterocycles. The number of rotatable bonds is 7. The number of nitrogens with one attached hydrogen (secondary N) is 1. The third kappa shape index (κ3) is 4.47. The maximum atomic E-state index is 5.86. The monoisotopic (exact) mass is 292 g/mol. The molecule has 2 aromatic rings. The van der Waals surface area contributed by atoms with Crippen molar-refractivity contribution in [3.63, 3.8) is 0 Å². The molecule has 0 aliphatic carbocycles. The zero-order valence-electron chi connectivity index (χ0n) is 12.8. The predicted molar refractivity (Wildman–Crippen MR) is 84.9 cm³/mol. The normalized spacial score (nSPS) is 11.7. The number of aryl methyl sites for hydroxylation is 1. The standard InChI is InChI=1S/C16H24N2OS/c1-12(2)17-8-15-7-16(19-13(15)3)10-18(4)9-14-5-6-20-11-14/h5-7,11-12,17H,8-10H2,1-4H3. The highest BCUT2D eigenvalue weighted by Crippen LogP contribution is 2.17. The summed E-state index contributed by atoms with van der Waals surface area (Å²) >= 11 is 1.75. The summed E-state index contributed by atoms with van der Waals surface area (Å²) in [6.07, 6.45) is 0. The number of furan rings is 1. The van der Waals surface area contributed by atoms with Gasteiger partial charge in [0.25, 0.3) is 0 Å². The van der Waals surface area contributed by atoms with Gasteiger partial charge in [0.2, 0.25) is 0 Å². The highest BCUT2D eigenvalue weighted by Gasteiger charge is 2.10. The van der Waals surface area contributed by atoms with Crippen molar-refractivity contribution >= 4 is 11.3 Å². The van der Waals surface area contributed by atoms with Gasteiger partial charge in [-0.2, -0.15) is 11.3 Å². The predicted octanol–water partition coefficient (Wildman–Crippen LogP) is 3.78. The second kappa shape index (κ2) is 7.07. The van der Waals surface area contributed by atoms with Gasteiger partial charge in [-0.25, -0.2) is 0 Å². The molecule has 20 heavy (non-hydrogen) atoms. The van der Waals surface area contributed by atoms with E-state index in [9.17, 15) is 0 Å². The molecule has 0 saturated carbocycles. The molecule has 0 fully saturated rings. The van der Waals surface area contributed by atoms with E-state index < -0.39 is 0 Å². The van der Waals surface area contributed by atoms with Gasteiger partial charge in [-0.05, 0) is 42.4 Å². The zero-order valence-corrected chi connectivity index (χ0v) is 13.6. The van der Waals surface area contributed by atoms with Crippen LogP contribution in [0.4, 0.5) is 0 Å². The van der Waals surface area contributed by atoms with E-state index in [0.717, 1.165) is 31.2 Å². The van der Waals surface area contributed by atoms with Gasteiger partial charge in [-0.1, -0.05) is 13.8 Å². The maximum absolute atomic E-state index is 5.86. The molecule has 0 amide bonds. The van der Waals surface area contributed by atoms with E-state index in [2.05, 4.69) is 54.0 Å². The van der Waals surface area contributed by atoms with Crippen LogP contribution in [0.3, 0.4) is 0 Å². The van der Waals surface area contributed by atoms with Crippen molar-refractivity contribution in [2.24, 2.45) is 0 Å². The lowest BCUT2D eigenvalue weighted by atomic mass is 10.2. The Kier molecular flexibility index (Phi) is 5.40. The van der Waals surface area contributed by atoms with Gasteiger partial charge in [0.05, 0.1) is 6.54 Å². The number of thiophene rings is 1. The average molecular weight is 292 g/mol. The minimum Gasteiger partial charge on any atom is -0.465 e. The summed E-state index contributed by atoms with van der Waals surface area (Å²) in [5, 5.41) is 7.75. The molecule has 0 unspecified atom stereocenters. The number of hydrogen-bond donors (Lipinski definition) is 1. The van der Waals surface area contributed by atoms with Crippen molar-refractivity contribution in [1.29, 1.82) is 0 Å². The lowest BCUT2D eigenvalue weighted by Crippen LogP contribution is -2.21. The lowest BCUT2D eigenvalue weighted by Gasteiger charge is -2.13. The van der Waals surface area contributed by atoms with Crippen LogP contribution in [0.15, 0.2) is 27.3 Å². The molecular weight excluding hydrogens is 268 g/mol. The second-order valence-electron chi connectivity index (χ2n) is 5.63. The molecule has 0 bridgehead atoms. The molecule has 1 N–H and O–H groups in total. The number of nitrogens with zero attached hydrogens (tertiary/aromatic N) is 1. The summed E-state index contributed by atoms with van der Waals surface area (Å²) in [6, 6.07) is 4.84. The van der Waals surface area contributed by atoms with Crippen LogP contribution < -0.4 is 5.32 Å². The van der Waals surface area contributed by atoms with Crippen LogP contribution in [0.2, 0.25) is 0 Å². The van der Waals surface area contributed by atoms with Crippen LogP contribution in [0, 0.1) is 6.92 Å². The van der Waals surface area contributed by atoms with E-state index in [0.29, 0.717) is 6.04 Å². The fourth-order valence-electron chi connectivity index (χ4n) is 2.17. The van der Waals surface area contributed by atoms with Crippen molar-refractivity contribution in [3.05, 3.63) is 45.5 Å². The van der Waals surface area contributed by atoms with Crippen LogP contribution in [-0.2, 0) is 19.6 Å². The molecule has 2 rings (SSSR count). The molecule has 3 nitrogen and oxygen atoms in total. The van der Waals surface area contributed by atoms with E-state index in [-0.39, 0.29) is 0 Å². The minimum absolute atomic E-state index is 0.494. The van der Waals surface area contributed by atoms with Crippen LogP contribution in [-0.4, -0.2) is 18.0 Å². The summed E-state index contributed by atoms with van der Waals surface area (Å²) in [6.45, 7) is 9.04. The fourth-order valence-corrected chi connectivity index (χ4v) is 2.83. The SMILES string of the molecule is Cc1oc(CN(C)Cc2ccsc2)cc1CNC(C)C. The van der Waals surface area contributed by atoms with E-state index in [1.165, 1.54) is 11.1 Å². The largest absolute Gasteiger partial charge is 0.465 e. The van der Waals surface area contributed by atoms with Crippen molar-refractivity contribution in [3.8, 4) is 0 Å². The lowest BCUT2D eigenvalue weighted by molar-refractivity contribution is 0.285. The Morgan fingerprint density at radius 3 is 2.80 bits per heavy atom. The first kappa shape index (κ1) is 15.3. The van der Waals surface area contributed by atoms with Crippen LogP contribution >= 0.6 is 11.3 Å². The summed E-state index contributed by atoms with van der Waals surface area (Å²) < 4.78 is 5.86. The Morgan fingerprint density at radius 2 is 2.15 bits per heavy atom. The minimum atomic E-state index is 0.494. The second-order valence-corrected chi connectivity index (χ2v) is 6.41. The molecule has 0 radical (unpaired) electrons. The molecule has 110 valence electrons. The van der Waals surface area contributed by atoms with E-state index >= 15 is 0 Å². The third-order valence-corrected chi connectivity index (χ3v) is 3.96. The van der Waals surface area contributed by atoms with Gasteiger partial charge in [-0.3, -0.25) is 4.90 Å². The van der Waals surface area contributed by atoms with E-state index in [1.807, 2.05) is 6.92 Å². The van der Waals surface area contributed by atoms with Gasteiger partial charge in [0.15, 0.2) is 0 Å². The summed E-state index contributed by atoms with van der Waals surface area (Å²) in [5.41, 5.74) is 2.63. The molecule has 0 saturated heterocycles. The first-order valence-electron chi connectivity index (χ1n) is 7.05. The fraction of sp³-hybridized carbons (Fsp3) is 0.500. The Bertz CT molecular complexity index is 517. The molecule has 2 heterocycles. The highest BCUT2D eigenvalue weighted by molar-refractivity contribution is 7.07.